The predicted molar refractivity (Wildman–Crippen MR) is 90.0 cm³/mol. The quantitative estimate of drug-likeness (QED) is 0.921. The van der Waals surface area contributed by atoms with Crippen molar-refractivity contribution in [3.8, 4) is 11.6 Å². The molecule has 124 valence electrons. The summed E-state index contributed by atoms with van der Waals surface area (Å²) >= 11 is 0. The number of hydrogen-bond acceptors (Lipinski definition) is 4. The van der Waals surface area contributed by atoms with E-state index >= 15 is 0 Å². The third kappa shape index (κ3) is 2.93. The summed E-state index contributed by atoms with van der Waals surface area (Å²) in [7, 11) is 3.63. The number of nitrogens with one attached hydrogen (secondary N) is 1. The molecule has 0 fully saturated rings. The first-order valence-corrected chi connectivity index (χ1v) is 8.20. The molecule has 0 radical (unpaired) electrons. The van der Waals surface area contributed by atoms with Crippen molar-refractivity contribution < 1.29 is 9.47 Å². The van der Waals surface area contributed by atoms with Gasteiger partial charge in [0.2, 0.25) is 5.88 Å². The van der Waals surface area contributed by atoms with E-state index in [2.05, 4.69) is 42.5 Å². The van der Waals surface area contributed by atoms with Crippen LogP contribution in [-0.4, -0.2) is 23.5 Å². The molecular formula is C18H25N3O2. The Morgan fingerprint density at radius 2 is 2.26 bits per heavy atom. The molecule has 1 aromatic carbocycles. The summed E-state index contributed by atoms with van der Waals surface area (Å²) in [5, 5.41) is 8.22. The number of aromatic nitrogens is 2. The Morgan fingerprint density at radius 3 is 3.00 bits per heavy atom. The van der Waals surface area contributed by atoms with Crippen molar-refractivity contribution in [3.63, 3.8) is 0 Å². The molecule has 2 heterocycles. The van der Waals surface area contributed by atoms with E-state index in [1.807, 2.05) is 11.7 Å². The molecule has 0 spiro atoms. The van der Waals surface area contributed by atoms with Gasteiger partial charge in [-0.05, 0) is 18.9 Å². The first kappa shape index (κ1) is 15.9. The van der Waals surface area contributed by atoms with Crippen molar-refractivity contribution in [3.05, 3.63) is 40.6 Å². The van der Waals surface area contributed by atoms with Crippen LogP contribution in [0.2, 0.25) is 0 Å². The second-order valence-electron chi connectivity index (χ2n) is 5.98. The van der Waals surface area contributed by atoms with E-state index in [-0.39, 0.29) is 0 Å². The van der Waals surface area contributed by atoms with Crippen LogP contribution in [0.1, 0.15) is 41.8 Å². The predicted octanol–water partition coefficient (Wildman–Crippen LogP) is 2.91. The summed E-state index contributed by atoms with van der Waals surface area (Å²) in [4.78, 5) is 0. The summed E-state index contributed by atoms with van der Waals surface area (Å²) in [5.74, 6) is 1.87. The van der Waals surface area contributed by atoms with Crippen molar-refractivity contribution in [2.75, 3.05) is 13.7 Å². The average molecular weight is 315 g/mol. The largest absolute Gasteiger partial charge is 0.493 e. The maximum atomic E-state index is 5.85. The standard InChI is InChI=1S/C18H25N3O2/c1-5-15-14(18(22-4)21(3)20-15)11-19-16-9-10-23-17-12(2)7-6-8-13(16)17/h6-8,16,19H,5,9-11H2,1-4H3/t16-/m1/s1. The highest BCUT2D eigenvalue weighted by Crippen LogP contribution is 2.35. The Bertz CT molecular complexity index is 694. The first-order chi connectivity index (χ1) is 11.2. The molecule has 0 bridgehead atoms. The maximum Gasteiger partial charge on any atom is 0.216 e. The van der Waals surface area contributed by atoms with Gasteiger partial charge in [0.1, 0.15) is 5.75 Å². The highest BCUT2D eigenvalue weighted by atomic mass is 16.5. The van der Waals surface area contributed by atoms with Crippen LogP contribution < -0.4 is 14.8 Å². The zero-order valence-electron chi connectivity index (χ0n) is 14.3. The number of fused-ring (bicyclic) bond motifs is 1. The summed E-state index contributed by atoms with van der Waals surface area (Å²) in [6, 6.07) is 6.65. The van der Waals surface area contributed by atoms with E-state index in [1.165, 1.54) is 11.1 Å². The van der Waals surface area contributed by atoms with Crippen LogP contribution in [0, 0.1) is 6.92 Å². The van der Waals surface area contributed by atoms with Gasteiger partial charge >= 0.3 is 0 Å². The highest BCUT2D eigenvalue weighted by molar-refractivity contribution is 5.44. The van der Waals surface area contributed by atoms with Crippen LogP contribution in [0.3, 0.4) is 0 Å². The van der Waals surface area contributed by atoms with Crippen LogP contribution in [0.25, 0.3) is 0 Å². The summed E-state index contributed by atoms with van der Waals surface area (Å²) in [5.41, 5.74) is 4.69. The third-order valence-electron chi connectivity index (χ3n) is 4.50. The van der Waals surface area contributed by atoms with Gasteiger partial charge in [-0.3, -0.25) is 0 Å². The lowest BCUT2D eigenvalue weighted by Crippen LogP contribution is -2.27. The molecule has 3 rings (SSSR count). The minimum atomic E-state index is 0.299. The Labute approximate surface area is 137 Å². The smallest absolute Gasteiger partial charge is 0.216 e. The zero-order chi connectivity index (χ0) is 16.4. The summed E-state index contributed by atoms with van der Waals surface area (Å²) in [6.07, 6.45) is 1.87. The van der Waals surface area contributed by atoms with Crippen LogP contribution >= 0.6 is 0 Å². The second-order valence-corrected chi connectivity index (χ2v) is 5.98. The fourth-order valence-corrected chi connectivity index (χ4v) is 3.34. The molecule has 1 aliphatic heterocycles. The van der Waals surface area contributed by atoms with Crippen LogP contribution in [0.15, 0.2) is 18.2 Å². The minimum absolute atomic E-state index is 0.299. The number of nitrogens with zero attached hydrogens (tertiary/aromatic N) is 2. The molecule has 1 N–H and O–H groups in total. The van der Waals surface area contributed by atoms with Gasteiger partial charge in [-0.1, -0.05) is 25.1 Å². The maximum absolute atomic E-state index is 5.85. The Balaban J connectivity index is 1.82. The van der Waals surface area contributed by atoms with E-state index in [0.717, 1.165) is 48.9 Å². The molecule has 0 unspecified atom stereocenters. The van der Waals surface area contributed by atoms with Gasteiger partial charge < -0.3 is 14.8 Å². The molecule has 0 amide bonds. The molecule has 1 aromatic heterocycles. The normalized spacial score (nSPS) is 16.8. The second kappa shape index (κ2) is 6.62. The summed E-state index contributed by atoms with van der Waals surface area (Å²) < 4.78 is 13.2. The monoisotopic (exact) mass is 315 g/mol. The van der Waals surface area contributed by atoms with Gasteiger partial charge in [-0.25, -0.2) is 4.68 Å². The number of rotatable bonds is 5. The van der Waals surface area contributed by atoms with Gasteiger partial charge in [0.25, 0.3) is 0 Å². The highest BCUT2D eigenvalue weighted by Gasteiger charge is 2.24. The molecule has 23 heavy (non-hydrogen) atoms. The molecule has 0 saturated heterocycles. The topological polar surface area (TPSA) is 48.3 Å². The zero-order valence-corrected chi connectivity index (χ0v) is 14.3. The van der Waals surface area contributed by atoms with Crippen molar-refractivity contribution >= 4 is 0 Å². The fourth-order valence-electron chi connectivity index (χ4n) is 3.34. The van der Waals surface area contributed by atoms with Crippen molar-refractivity contribution in [2.45, 2.75) is 39.3 Å². The van der Waals surface area contributed by atoms with Crippen molar-refractivity contribution in [2.24, 2.45) is 7.05 Å². The summed E-state index contributed by atoms with van der Waals surface area (Å²) in [6.45, 7) is 5.72. The van der Waals surface area contributed by atoms with Crippen LogP contribution in [0.5, 0.6) is 11.6 Å². The lowest BCUT2D eigenvalue weighted by atomic mass is 9.97. The lowest BCUT2D eigenvalue weighted by molar-refractivity contribution is 0.250. The van der Waals surface area contributed by atoms with E-state index in [1.54, 1.807) is 7.11 Å². The van der Waals surface area contributed by atoms with E-state index in [4.69, 9.17) is 9.47 Å². The number of benzene rings is 1. The average Bonchev–Trinajstić information content (AvgIpc) is 2.88. The molecule has 1 atom stereocenters. The molecule has 0 saturated carbocycles. The Hall–Kier alpha value is -2.01. The SMILES string of the molecule is CCc1nn(C)c(OC)c1CN[C@@H]1CCOc2c(C)cccc21. The number of ether oxygens (including phenoxy) is 2. The number of aryl methyl sites for hydroxylation is 3. The third-order valence-corrected chi connectivity index (χ3v) is 4.50. The van der Waals surface area contributed by atoms with E-state index < -0.39 is 0 Å². The van der Waals surface area contributed by atoms with Gasteiger partial charge in [0.15, 0.2) is 0 Å². The van der Waals surface area contributed by atoms with Gasteiger partial charge in [-0.2, -0.15) is 5.10 Å². The number of hydrogen-bond donors (Lipinski definition) is 1. The van der Waals surface area contributed by atoms with Gasteiger partial charge in [0.05, 0.1) is 25.0 Å². The minimum Gasteiger partial charge on any atom is -0.493 e. The number of para-hydroxylation sites is 1. The molecule has 0 aliphatic carbocycles. The Kier molecular flexibility index (Phi) is 4.57. The fraction of sp³-hybridized carbons (Fsp3) is 0.500. The van der Waals surface area contributed by atoms with Crippen LogP contribution in [0.4, 0.5) is 0 Å². The molecule has 5 nitrogen and oxygen atoms in total. The van der Waals surface area contributed by atoms with Gasteiger partial charge in [-0.15, -0.1) is 0 Å². The van der Waals surface area contributed by atoms with Crippen molar-refractivity contribution in [1.82, 2.24) is 15.1 Å². The lowest BCUT2D eigenvalue weighted by Gasteiger charge is -2.28. The van der Waals surface area contributed by atoms with E-state index in [0.29, 0.717) is 6.04 Å². The van der Waals surface area contributed by atoms with Gasteiger partial charge in [0, 0.05) is 31.6 Å². The van der Waals surface area contributed by atoms with Crippen molar-refractivity contribution in [1.29, 1.82) is 0 Å². The molecule has 2 aromatic rings. The first-order valence-electron chi connectivity index (χ1n) is 8.20. The molecule has 5 heteroatoms. The number of methoxy groups -OCH3 is 1. The molecular weight excluding hydrogens is 290 g/mol. The molecule has 1 aliphatic rings. The Morgan fingerprint density at radius 1 is 1.43 bits per heavy atom. The van der Waals surface area contributed by atoms with E-state index in [9.17, 15) is 0 Å². The van der Waals surface area contributed by atoms with Crippen LogP contribution in [-0.2, 0) is 20.0 Å².